The van der Waals surface area contributed by atoms with E-state index in [0.29, 0.717) is 5.75 Å². The van der Waals surface area contributed by atoms with Gasteiger partial charge in [-0.1, -0.05) is 0 Å². The van der Waals surface area contributed by atoms with Crippen LogP contribution in [0.1, 0.15) is 5.56 Å². The van der Waals surface area contributed by atoms with Gasteiger partial charge >= 0.3 is 0 Å². The van der Waals surface area contributed by atoms with Crippen molar-refractivity contribution in [1.29, 1.82) is 0 Å². The van der Waals surface area contributed by atoms with E-state index < -0.39 is 0 Å². The summed E-state index contributed by atoms with van der Waals surface area (Å²) in [5.74, 6) is 2.48. The van der Waals surface area contributed by atoms with E-state index >= 15 is 0 Å². The molecule has 21 heavy (non-hydrogen) atoms. The molecule has 114 valence electrons. The standard InChI is InChI=1S/C16H22N2O2S/c1-11-8-12-9-14(19-4)15(20-5)10-13(12)17-16(11)21-7-6-18(2)3/h8-10H,6-7H2,1-5H3. The fourth-order valence-electron chi connectivity index (χ4n) is 2.06. The molecular formula is C16H22N2O2S. The van der Waals surface area contributed by atoms with Crippen molar-refractivity contribution in [3.8, 4) is 11.5 Å². The van der Waals surface area contributed by atoms with Crippen LogP contribution in [0.3, 0.4) is 0 Å². The van der Waals surface area contributed by atoms with Gasteiger partial charge in [0.2, 0.25) is 0 Å². The first-order valence-corrected chi connectivity index (χ1v) is 7.84. The molecule has 0 aliphatic heterocycles. The van der Waals surface area contributed by atoms with Crippen LogP contribution in [0.25, 0.3) is 10.9 Å². The summed E-state index contributed by atoms with van der Waals surface area (Å²) in [7, 11) is 7.46. The Labute approximate surface area is 130 Å². The fourth-order valence-corrected chi connectivity index (χ4v) is 3.16. The van der Waals surface area contributed by atoms with E-state index in [4.69, 9.17) is 14.5 Å². The van der Waals surface area contributed by atoms with Crippen molar-refractivity contribution in [3.63, 3.8) is 0 Å². The lowest BCUT2D eigenvalue weighted by Crippen LogP contribution is -2.14. The van der Waals surface area contributed by atoms with E-state index in [1.165, 1.54) is 5.56 Å². The first-order chi connectivity index (χ1) is 10.0. The zero-order valence-electron chi connectivity index (χ0n) is 13.3. The average molecular weight is 306 g/mol. The van der Waals surface area contributed by atoms with Gasteiger partial charge in [0.05, 0.1) is 24.8 Å². The lowest BCUT2D eigenvalue weighted by molar-refractivity contribution is 0.356. The number of rotatable bonds is 6. The third kappa shape index (κ3) is 3.80. The van der Waals surface area contributed by atoms with Crippen LogP contribution < -0.4 is 9.47 Å². The highest BCUT2D eigenvalue weighted by Crippen LogP contribution is 2.33. The fraction of sp³-hybridized carbons (Fsp3) is 0.438. The molecule has 0 N–H and O–H groups in total. The maximum atomic E-state index is 5.35. The van der Waals surface area contributed by atoms with Crippen molar-refractivity contribution in [3.05, 3.63) is 23.8 Å². The molecule has 0 saturated heterocycles. The summed E-state index contributed by atoms with van der Waals surface area (Å²) in [5, 5.41) is 2.15. The number of pyridine rings is 1. The summed E-state index contributed by atoms with van der Waals surface area (Å²) in [6.45, 7) is 3.14. The van der Waals surface area contributed by atoms with Crippen LogP contribution in [0.2, 0.25) is 0 Å². The number of fused-ring (bicyclic) bond motifs is 1. The molecular weight excluding hydrogens is 284 g/mol. The van der Waals surface area contributed by atoms with Crippen LogP contribution in [-0.4, -0.2) is 50.5 Å². The number of aryl methyl sites for hydroxylation is 1. The first kappa shape index (κ1) is 15.9. The molecule has 0 amide bonds. The van der Waals surface area contributed by atoms with E-state index in [1.54, 1.807) is 26.0 Å². The highest BCUT2D eigenvalue weighted by atomic mass is 32.2. The number of hydrogen-bond acceptors (Lipinski definition) is 5. The normalized spacial score (nSPS) is 11.1. The van der Waals surface area contributed by atoms with Crippen LogP contribution in [0.5, 0.6) is 11.5 Å². The van der Waals surface area contributed by atoms with Gasteiger partial charge in [0, 0.05) is 23.8 Å². The van der Waals surface area contributed by atoms with Gasteiger partial charge in [-0.05, 0) is 38.7 Å². The number of methoxy groups -OCH3 is 2. The minimum absolute atomic E-state index is 0.714. The Morgan fingerprint density at radius 3 is 2.38 bits per heavy atom. The molecule has 0 aliphatic rings. The number of benzene rings is 1. The smallest absolute Gasteiger partial charge is 0.162 e. The topological polar surface area (TPSA) is 34.6 Å². The maximum absolute atomic E-state index is 5.35. The van der Waals surface area contributed by atoms with E-state index in [9.17, 15) is 0 Å². The minimum atomic E-state index is 0.714. The Balaban J connectivity index is 2.34. The number of ether oxygens (including phenoxy) is 2. The molecule has 2 aromatic rings. The maximum Gasteiger partial charge on any atom is 0.162 e. The number of thioether (sulfide) groups is 1. The van der Waals surface area contributed by atoms with Crippen LogP contribution >= 0.6 is 11.8 Å². The third-order valence-electron chi connectivity index (χ3n) is 3.24. The molecule has 4 nitrogen and oxygen atoms in total. The van der Waals surface area contributed by atoms with E-state index in [-0.39, 0.29) is 0 Å². The van der Waals surface area contributed by atoms with Crippen molar-refractivity contribution < 1.29 is 9.47 Å². The summed E-state index contributed by atoms with van der Waals surface area (Å²) in [5.41, 5.74) is 2.13. The molecule has 0 bridgehead atoms. The molecule has 0 aliphatic carbocycles. The Hall–Kier alpha value is -1.46. The van der Waals surface area contributed by atoms with Gasteiger partial charge in [-0.25, -0.2) is 4.98 Å². The quantitative estimate of drug-likeness (QED) is 0.766. The summed E-state index contributed by atoms with van der Waals surface area (Å²) in [6.07, 6.45) is 0. The molecule has 0 saturated carbocycles. The van der Waals surface area contributed by atoms with Gasteiger partial charge < -0.3 is 14.4 Å². The Kier molecular flexibility index (Phi) is 5.31. The number of hydrogen-bond donors (Lipinski definition) is 0. The zero-order valence-corrected chi connectivity index (χ0v) is 14.1. The third-order valence-corrected chi connectivity index (χ3v) is 4.31. The van der Waals surface area contributed by atoms with Crippen LogP contribution in [-0.2, 0) is 0 Å². The second kappa shape index (κ2) is 7.00. The van der Waals surface area contributed by atoms with Gasteiger partial charge in [0.1, 0.15) is 0 Å². The van der Waals surface area contributed by atoms with E-state index in [1.807, 2.05) is 12.1 Å². The lowest BCUT2D eigenvalue weighted by atomic mass is 10.1. The second-order valence-electron chi connectivity index (χ2n) is 5.16. The van der Waals surface area contributed by atoms with Crippen molar-refractivity contribution in [2.45, 2.75) is 11.9 Å². The number of nitrogens with zero attached hydrogens (tertiary/aromatic N) is 2. The van der Waals surface area contributed by atoms with Crippen molar-refractivity contribution >= 4 is 22.7 Å². The summed E-state index contributed by atoms with van der Waals surface area (Å²) in [4.78, 5) is 6.94. The molecule has 1 aromatic heterocycles. The Morgan fingerprint density at radius 2 is 1.76 bits per heavy atom. The average Bonchev–Trinajstić information content (AvgIpc) is 2.46. The molecule has 2 rings (SSSR count). The summed E-state index contributed by atoms with van der Waals surface area (Å²) >= 11 is 1.79. The van der Waals surface area contributed by atoms with Crippen molar-refractivity contribution in [2.75, 3.05) is 40.6 Å². The zero-order chi connectivity index (χ0) is 15.4. The lowest BCUT2D eigenvalue weighted by Gasteiger charge is -2.12. The SMILES string of the molecule is COc1cc2cc(C)c(SCCN(C)C)nc2cc1OC. The summed E-state index contributed by atoms with van der Waals surface area (Å²) < 4.78 is 10.7. The molecule has 0 atom stereocenters. The molecule has 0 fully saturated rings. The van der Waals surface area contributed by atoms with E-state index in [2.05, 4.69) is 32.0 Å². The van der Waals surface area contributed by atoms with Crippen LogP contribution in [0.15, 0.2) is 23.2 Å². The molecule has 5 heteroatoms. The van der Waals surface area contributed by atoms with Gasteiger partial charge in [-0.3, -0.25) is 0 Å². The second-order valence-corrected chi connectivity index (χ2v) is 6.25. The predicted octanol–water partition coefficient (Wildman–Crippen LogP) is 3.21. The highest BCUT2D eigenvalue weighted by molar-refractivity contribution is 7.99. The predicted molar refractivity (Wildman–Crippen MR) is 88.9 cm³/mol. The van der Waals surface area contributed by atoms with Gasteiger partial charge in [0.15, 0.2) is 11.5 Å². The molecule has 0 radical (unpaired) electrons. The molecule has 0 spiro atoms. The van der Waals surface area contributed by atoms with Crippen LogP contribution in [0.4, 0.5) is 0 Å². The van der Waals surface area contributed by atoms with E-state index in [0.717, 1.165) is 34.0 Å². The molecule has 0 unspecified atom stereocenters. The highest BCUT2D eigenvalue weighted by Gasteiger charge is 2.10. The van der Waals surface area contributed by atoms with Crippen molar-refractivity contribution in [2.24, 2.45) is 0 Å². The minimum Gasteiger partial charge on any atom is -0.493 e. The Bertz CT molecular complexity index is 629. The van der Waals surface area contributed by atoms with Gasteiger partial charge in [-0.2, -0.15) is 0 Å². The van der Waals surface area contributed by atoms with Gasteiger partial charge in [-0.15, -0.1) is 11.8 Å². The molecule has 1 aromatic carbocycles. The largest absolute Gasteiger partial charge is 0.493 e. The monoisotopic (exact) mass is 306 g/mol. The summed E-state index contributed by atoms with van der Waals surface area (Å²) in [6, 6.07) is 6.06. The molecule has 1 heterocycles. The Morgan fingerprint density at radius 1 is 1.10 bits per heavy atom. The first-order valence-electron chi connectivity index (χ1n) is 6.86. The van der Waals surface area contributed by atoms with Gasteiger partial charge in [0.25, 0.3) is 0 Å². The number of aromatic nitrogens is 1. The van der Waals surface area contributed by atoms with Crippen LogP contribution in [0, 0.1) is 6.92 Å². The van der Waals surface area contributed by atoms with Crippen molar-refractivity contribution in [1.82, 2.24) is 9.88 Å².